The third kappa shape index (κ3) is 3.09. The molecular formula is C16H24N2O. The minimum Gasteiger partial charge on any atom is -0.398 e. The molecule has 1 fully saturated rings. The Bertz CT molecular complexity index is 450. The van der Waals surface area contributed by atoms with Crippen LogP contribution in [0.5, 0.6) is 0 Å². The fourth-order valence-electron chi connectivity index (χ4n) is 2.91. The molecule has 1 aliphatic rings. The van der Waals surface area contributed by atoms with Gasteiger partial charge in [0, 0.05) is 11.1 Å². The zero-order valence-electron chi connectivity index (χ0n) is 11.9. The summed E-state index contributed by atoms with van der Waals surface area (Å²) in [6.07, 6.45) is 5.56. The summed E-state index contributed by atoms with van der Waals surface area (Å²) in [7, 11) is 0. The Morgan fingerprint density at radius 3 is 2.53 bits per heavy atom. The summed E-state index contributed by atoms with van der Waals surface area (Å²) in [4.78, 5) is 12.5. The van der Waals surface area contributed by atoms with Crippen LogP contribution in [0.3, 0.4) is 0 Å². The maximum Gasteiger partial charge on any atom is 0.226 e. The van der Waals surface area contributed by atoms with Crippen LogP contribution in [-0.4, -0.2) is 5.91 Å². The van der Waals surface area contributed by atoms with E-state index in [4.69, 9.17) is 5.73 Å². The number of rotatable bonds is 3. The Labute approximate surface area is 115 Å². The highest BCUT2D eigenvalue weighted by atomic mass is 16.2. The molecule has 104 valence electrons. The molecule has 19 heavy (non-hydrogen) atoms. The highest BCUT2D eigenvalue weighted by molar-refractivity contribution is 5.82. The first-order valence-electron chi connectivity index (χ1n) is 7.18. The summed E-state index contributed by atoms with van der Waals surface area (Å²) in [5, 5.41) is 3.13. The van der Waals surface area contributed by atoms with Crippen molar-refractivity contribution >= 4 is 11.6 Å². The molecule has 0 aliphatic heterocycles. The molecule has 1 aromatic carbocycles. The van der Waals surface area contributed by atoms with Crippen LogP contribution in [0, 0.1) is 5.41 Å². The van der Waals surface area contributed by atoms with Crippen molar-refractivity contribution in [1.82, 2.24) is 5.32 Å². The number of nitrogen functional groups attached to an aromatic ring is 1. The third-order valence-electron chi connectivity index (χ3n) is 4.32. The lowest BCUT2D eigenvalue weighted by atomic mass is 9.75. The second-order valence-electron chi connectivity index (χ2n) is 5.95. The fraction of sp³-hybridized carbons (Fsp3) is 0.562. The molecule has 0 radical (unpaired) electrons. The number of para-hydroxylation sites is 1. The minimum absolute atomic E-state index is 0.0348. The zero-order chi connectivity index (χ0) is 13.9. The first-order valence-corrected chi connectivity index (χ1v) is 7.18. The van der Waals surface area contributed by atoms with Crippen molar-refractivity contribution in [2.24, 2.45) is 5.41 Å². The highest BCUT2D eigenvalue weighted by Crippen LogP contribution is 2.36. The van der Waals surface area contributed by atoms with Crippen molar-refractivity contribution in [1.29, 1.82) is 0 Å². The van der Waals surface area contributed by atoms with Crippen molar-refractivity contribution in [2.75, 3.05) is 5.73 Å². The van der Waals surface area contributed by atoms with Crippen LogP contribution in [0.1, 0.15) is 57.6 Å². The van der Waals surface area contributed by atoms with Crippen LogP contribution in [0.4, 0.5) is 5.69 Å². The lowest BCUT2D eigenvalue weighted by Gasteiger charge is -2.33. The van der Waals surface area contributed by atoms with Gasteiger partial charge in [-0.1, -0.05) is 44.4 Å². The molecule has 1 atom stereocenters. The lowest BCUT2D eigenvalue weighted by molar-refractivity contribution is -0.132. The van der Waals surface area contributed by atoms with E-state index in [1.807, 2.05) is 31.2 Å². The van der Waals surface area contributed by atoms with E-state index >= 15 is 0 Å². The Hall–Kier alpha value is -1.51. The van der Waals surface area contributed by atoms with Gasteiger partial charge in [-0.3, -0.25) is 4.79 Å². The van der Waals surface area contributed by atoms with Crippen molar-refractivity contribution in [2.45, 2.75) is 52.0 Å². The van der Waals surface area contributed by atoms with Crippen LogP contribution < -0.4 is 11.1 Å². The summed E-state index contributed by atoms with van der Waals surface area (Å²) < 4.78 is 0. The quantitative estimate of drug-likeness (QED) is 0.818. The molecule has 1 unspecified atom stereocenters. The summed E-state index contributed by atoms with van der Waals surface area (Å²) in [6.45, 7) is 4.08. The zero-order valence-corrected chi connectivity index (χ0v) is 11.9. The molecule has 3 heteroatoms. The van der Waals surface area contributed by atoms with Crippen molar-refractivity contribution in [3.05, 3.63) is 29.8 Å². The largest absolute Gasteiger partial charge is 0.398 e. The summed E-state index contributed by atoms with van der Waals surface area (Å²) in [5.74, 6) is 0.169. The number of hydrogen-bond donors (Lipinski definition) is 2. The van der Waals surface area contributed by atoms with Gasteiger partial charge in [0.25, 0.3) is 0 Å². The minimum atomic E-state index is -0.198. The second-order valence-corrected chi connectivity index (χ2v) is 5.95. The van der Waals surface area contributed by atoms with E-state index in [-0.39, 0.29) is 17.4 Å². The Morgan fingerprint density at radius 2 is 1.89 bits per heavy atom. The topological polar surface area (TPSA) is 55.1 Å². The van der Waals surface area contributed by atoms with Crippen LogP contribution >= 0.6 is 0 Å². The molecule has 1 aromatic rings. The van der Waals surface area contributed by atoms with Crippen LogP contribution in [0.25, 0.3) is 0 Å². The van der Waals surface area contributed by atoms with E-state index in [0.717, 1.165) is 36.9 Å². The van der Waals surface area contributed by atoms with Gasteiger partial charge in [0.1, 0.15) is 0 Å². The maximum absolute atomic E-state index is 12.5. The van der Waals surface area contributed by atoms with E-state index in [1.165, 1.54) is 6.42 Å². The maximum atomic E-state index is 12.5. The van der Waals surface area contributed by atoms with Crippen molar-refractivity contribution in [3.8, 4) is 0 Å². The van der Waals surface area contributed by atoms with E-state index in [2.05, 4.69) is 12.2 Å². The monoisotopic (exact) mass is 260 g/mol. The van der Waals surface area contributed by atoms with Crippen molar-refractivity contribution < 1.29 is 4.79 Å². The fourth-order valence-corrected chi connectivity index (χ4v) is 2.91. The highest BCUT2D eigenvalue weighted by Gasteiger charge is 2.35. The van der Waals surface area contributed by atoms with E-state index < -0.39 is 0 Å². The molecule has 3 N–H and O–H groups in total. The van der Waals surface area contributed by atoms with E-state index in [1.54, 1.807) is 0 Å². The van der Waals surface area contributed by atoms with Gasteiger partial charge in [-0.2, -0.15) is 0 Å². The SMILES string of the molecule is CC(NC(=O)C1(C)CCCCC1)c1ccccc1N. The van der Waals surface area contributed by atoms with Crippen LogP contribution in [-0.2, 0) is 4.79 Å². The number of nitrogens with one attached hydrogen (secondary N) is 1. The van der Waals surface area contributed by atoms with Crippen molar-refractivity contribution in [3.63, 3.8) is 0 Å². The van der Waals surface area contributed by atoms with E-state index in [9.17, 15) is 4.79 Å². The summed E-state index contributed by atoms with van der Waals surface area (Å²) in [6, 6.07) is 7.68. The molecule has 2 rings (SSSR count). The molecular weight excluding hydrogens is 236 g/mol. The van der Waals surface area contributed by atoms with Gasteiger partial charge in [-0.15, -0.1) is 0 Å². The molecule has 0 bridgehead atoms. The van der Waals surface area contributed by atoms with Crippen LogP contribution in [0.2, 0.25) is 0 Å². The standard InChI is InChI=1S/C16H24N2O/c1-12(13-8-4-5-9-14(13)17)18-15(19)16(2)10-6-3-7-11-16/h4-5,8-9,12H,3,6-7,10-11,17H2,1-2H3,(H,18,19). The van der Waals surface area contributed by atoms with Gasteiger partial charge < -0.3 is 11.1 Å². The molecule has 1 amide bonds. The lowest BCUT2D eigenvalue weighted by Crippen LogP contribution is -2.41. The number of hydrogen-bond acceptors (Lipinski definition) is 2. The number of anilines is 1. The summed E-state index contributed by atoms with van der Waals surface area (Å²) in [5.41, 5.74) is 7.49. The Kier molecular flexibility index (Phi) is 4.13. The molecule has 1 aliphatic carbocycles. The number of carbonyl (C=O) groups excluding carboxylic acids is 1. The predicted octanol–water partition coefficient (Wildman–Crippen LogP) is 3.42. The van der Waals surface area contributed by atoms with Gasteiger partial charge in [-0.05, 0) is 31.4 Å². The average Bonchev–Trinajstić information content (AvgIpc) is 2.40. The van der Waals surface area contributed by atoms with Gasteiger partial charge in [0.05, 0.1) is 6.04 Å². The molecule has 3 nitrogen and oxygen atoms in total. The van der Waals surface area contributed by atoms with Gasteiger partial charge >= 0.3 is 0 Å². The molecule has 0 spiro atoms. The molecule has 0 aromatic heterocycles. The van der Waals surface area contributed by atoms with E-state index in [0.29, 0.717) is 0 Å². The second kappa shape index (κ2) is 5.64. The molecule has 0 saturated heterocycles. The number of nitrogens with two attached hydrogens (primary N) is 1. The first-order chi connectivity index (χ1) is 9.03. The first kappa shape index (κ1) is 13.9. The molecule has 1 saturated carbocycles. The average molecular weight is 260 g/mol. The number of amides is 1. The number of benzene rings is 1. The summed E-state index contributed by atoms with van der Waals surface area (Å²) >= 11 is 0. The third-order valence-corrected chi connectivity index (χ3v) is 4.32. The smallest absolute Gasteiger partial charge is 0.226 e. The van der Waals surface area contributed by atoms with Gasteiger partial charge in [0.15, 0.2) is 0 Å². The normalized spacial score (nSPS) is 19.7. The van der Waals surface area contributed by atoms with Gasteiger partial charge in [0.2, 0.25) is 5.91 Å². The van der Waals surface area contributed by atoms with Crippen LogP contribution in [0.15, 0.2) is 24.3 Å². The molecule has 0 heterocycles. The Morgan fingerprint density at radius 1 is 1.26 bits per heavy atom. The number of carbonyl (C=O) groups is 1. The predicted molar refractivity (Wildman–Crippen MR) is 78.6 cm³/mol. The van der Waals surface area contributed by atoms with Gasteiger partial charge in [-0.25, -0.2) is 0 Å². The Balaban J connectivity index is 2.04.